The second kappa shape index (κ2) is 17.3. The Balaban J connectivity index is 1.23. The lowest BCUT2D eigenvalue weighted by molar-refractivity contribution is -0.148. The van der Waals surface area contributed by atoms with Crippen molar-refractivity contribution < 1.29 is 38.1 Å². The largest absolute Gasteiger partial charge is 0.488 e. The molecule has 8 atom stereocenters. The first-order valence-electron chi connectivity index (χ1n) is 20.3. The van der Waals surface area contributed by atoms with Crippen molar-refractivity contribution in [1.82, 2.24) is 25.5 Å². The molecular weight excluding hydrogens is 901 g/mol. The number of alkyl halides is 1. The Morgan fingerprint density at radius 2 is 1.85 bits per heavy atom. The van der Waals surface area contributed by atoms with Gasteiger partial charge in [0.05, 0.1) is 24.9 Å². The number of hydrogen-bond donors (Lipinski definition) is 3. The molecular formula is C43H52IN7O8S. The molecule has 1 aromatic carbocycles. The molecule has 3 N–H and O–H groups in total. The van der Waals surface area contributed by atoms with E-state index in [0.29, 0.717) is 56.5 Å². The number of nitrogens with one attached hydrogen (secondary N) is 3. The summed E-state index contributed by atoms with van der Waals surface area (Å²) in [5.41, 5.74) is 0.434. The van der Waals surface area contributed by atoms with Crippen molar-refractivity contribution in [3.8, 4) is 29.0 Å². The molecule has 0 spiro atoms. The van der Waals surface area contributed by atoms with Crippen LogP contribution in [-0.4, -0.2) is 94.9 Å². The number of rotatable bonds is 15. The van der Waals surface area contributed by atoms with E-state index in [4.69, 9.17) is 28.9 Å². The number of nitrogens with zero attached hydrogens (tertiary/aromatic N) is 4. The number of likely N-dealkylation sites (tertiary alicyclic amines) is 1. The van der Waals surface area contributed by atoms with Gasteiger partial charge in [-0.15, -0.1) is 17.9 Å². The monoisotopic (exact) mass is 953 g/mol. The number of ether oxygens (including phenoxy) is 4. The van der Waals surface area contributed by atoms with Crippen LogP contribution in [0.2, 0.25) is 0 Å². The van der Waals surface area contributed by atoms with Gasteiger partial charge < -0.3 is 39.8 Å². The zero-order chi connectivity index (χ0) is 43.1. The quantitative estimate of drug-likeness (QED) is 0.0646. The maximum absolute atomic E-state index is 14.8. The summed E-state index contributed by atoms with van der Waals surface area (Å²) in [6, 6.07) is 5.45. The highest BCUT2D eigenvalue weighted by Gasteiger charge is 2.62. The molecule has 0 bridgehead atoms. The van der Waals surface area contributed by atoms with Crippen molar-refractivity contribution in [2.45, 2.75) is 107 Å². The van der Waals surface area contributed by atoms with Crippen LogP contribution in [0.4, 0.5) is 9.93 Å². The lowest BCUT2D eigenvalue weighted by Crippen LogP contribution is -2.59. The number of benzene rings is 1. The second-order valence-corrected chi connectivity index (χ2v) is 19.2. The number of esters is 1. The number of pyridine rings is 1. The summed E-state index contributed by atoms with van der Waals surface area (Å²) in [5.74, 6) is 0.193. The Labute approximate surface area is 367 Å². The summed E-state index contributed by atoms with van der Waals surface area (Å²) < 4.78 is 24.0. The molecule has 3 amide bonds. The molecule has 7 rings (SSSR count). The number of carbonyl (C=O) groups excluding carboxylic acids is 4. The van der Waals surface area contributed by atoms with E-state index < -0.39 is 53.0 Å². The number of amides is 3. The van der Waals surface area contributed by atoms with Crippen LogP contribution in [0.3, 0.4) is 0 Å². The van der Waals surface area contributed by atoms with E-state index in [0.717, 1.165) is 23.5 Å². The highest BCUT2D eigenvalue weighted by molar-refractivity contribution is 14.1. The normalized spacial score (nSPS) is 25.8. The lowest BCUT2D eigenvalue weighted by atomic mass is 9.85. The maximum atomic E-state index is 14.8. The number of anilines is 1. The van der Waals surface area contributed by atoms with Crippen LogP contribution in [0, 0.1) is 34.5 Å². The van der Waals surface area contributed by atoms with Crippen molar-refractivity contribution in [1.29, 1.82) is 5.26 Å². The third-order valence-corrected chi connectivity index (χ3v) is 13.3. The third-order valence-electron chi connectivity index (χ3n) is 11.8. The first-order chi connectivity index (χ1) is 28.6. The zero-order valence-corrected chi connectivity index (χ0v) is 37.7. The molecule has 1 aliphatic heterocycles. The van der Waals surface area contributed by atoms with Gasteiger partial charge in [0.15, 0.2) is 11.7 Å². The molecule has 2 aromatic heterocycles. The lowest BCUT2D eigenvalue weighted by Gasteiger charge is -2.35. The minimum atomic E-state index is -1.30. The summed E-state index contributed by atoms with van der Waals surface area (Å²) in [4.78, 5) is 66.9. The van der Waals surface area contributed by atoms with E-state index in [2.05, 4.69) is 45.1 Å². The SMILES string of the molecule is C=C[C@@H]1C[C@]1(NC(=O)[C@@H]1C[C@@H](Oc2cc(-c3csc(NC(C)C)n3)nc3c(CI)c(OCC#N)ccc23)CN1C(=O)[C@@H](NC(=O)OC1C[C@@H]2C[C@@H]2C1)C(C)(C)C)C(=O)OC. The van der Waals surface area contributed by atoms with Gasteiger partial charge in [-0.1, -0.05) is 49.4 Å². The second-order valence-electron chi connectivity index (χ2n) is 17.5. The maximum Gasteiger partial charge on any atom is 0.408 e. The Morgan fingerprint density at radius 1 is 1.10 bits per heavy atom. The highest BCUT2D eigenvalue weighted by atomic mass is 127. The first-order valence-corrected chi connectivity index (χ1v) is 22.7. The fourth-order valence-corrected chi connectivity index (χ4v) is 10.1. The number of hydrogen-bond acceptors (Lipinski definition) is 13. The van der Waals surface area contributed by atoms with Gasteiger partial charge in [0.2, 0.25) is 11.8 Å². The van der Waals surface area contributed by atoms with E-state index in [1.165, 1.54) is 29.8 Å². The number of alkyl carbamates (subject to hydrolysis) is 1. The minimum Gasteiger partial charge on any atom is -0.488 e. The highest BCUT2D eigenvalue weighted by Crippen LogP contribution is 2.52. The first kappa shape index (κ1) is 43.4. The van der Waals surface area contributed by atoms with Gasteiger partial charge in [-0.3, -0.25) is 9.59 Å². The van der Waals surface area contributed by atoms with E-state index >= 15 is 0 Å². The van der Waals surface area contributed by atoms with Gasteiger partial charge in [0.1, 0.15) is 53.1 Å². The topological polar surface area (TPSA) is 194 Å². The number of halogens is 1. The Morgan fingerprint density at radius 3 is 2.48 bits per heavy atom. The predicted octanol–water partition coefficient (Wildman–Crippen LogP) is 6.54. The van der Waals surface area contributed by atoms with Crippen molar-refractivity contribution in [2.75, 3.05) is 25.6 Å². The number of thiazole rings is 1. The summed E-state index contributed by atoms with van der Waals surface area (Å²) in [5, 5.41) is 21.7. The van der Waals surface area contributed by atoms with E-state index in [-0.39, 0.29) is 37.6 Å². The van der Waals surface area contributed by atoms with E-state index in [1.807, 2.05) is 52.1 Å². The van der Waals surface area contributed by atoms with Gasteiger partial charge >= 0.3 is 12.1 Å². The molecule has 17 heteroatoms. The Kier molecular flexibility index (Phi) is 12.5. The van der Waals surface area contributed by atoms with E-state index in [9.17, 15) is 24.4 Å². The molecule has 1 unspecified atom stereocenters. The van der Waals surface area contributed by atoms with Gasteiger partial charge in [0, 0.05) is 45.2 Å². The van der Waals surface area contributed by atoms with Crippen molar-refractivity contribution in [3.05, 3.63) is 41.8 Å². The standard InChI is InChI=1S/C43H52IN7O8S/c1-8-25-18-43(25,39(54)56-7)50-37(52)32-16-27(20-51(32)38(53)36(42(4,5)6)49-41(55)59-26-14-23-13-24(23)15-26)58-34-17-30(31-21-60-40(48-31)46-22(2)3)47-35-28(34)9-10-33(29(35)19-44)57-12-11-45/h8-10,17,21-27,32,36H,1,12-16,18-20H2,2-7H3,(H,46,48)(H,49,55)(H,50,52)/t23-,24+,25-,26?,27-,32+,36-,43-/m1/s1. The molecule has 15 nitrogen and oxygen atoms in total. The third kappa shape index (κ3) is 9.00. The number of methoxy groups -OCH3 is 1. The van der Waals surface area contributed by atoms with Gasteiger partial charge in [-0.25, -0.2) is 19.6 Å². The van der Waals surface area contributed by atoms with Crippen LogP contribution < -0.4 is 25.4 Å². The van der Waals surface area contributed by atoms with Crippen LogP contribution in [0.25, 0.3) is 22.3 Å². The molecule has 4 aliphatic rings. The minimum absolute atomic E-state index is 0.0108. The fraction of sp³-hybridized carbons (Fsp3) is 0.558. The molecule has 0 radical (unpaired) electrons. The number of aromatic nitrogens is 2. The van der Waals surface area contributed by atoms with Crippen LogP contribution in [0.1, 0.15) is 72.3 Å². The predicted molar refractivity (Wildman–Crippen MR) is 234 cm³/mol. The molecule has 3 saturated carbocycles. The Bertz CT molecular complexity index is 2210. The molecule has 60 heavy (non-hydrogen) atoms. The molecule has 3 heterocycles. The number of nitriles is 1. The molecule has 3 aromatic rings. The Hall–Kier alpha value is -4.70. The van der Waals surface area contributed by atoms with Crippen molar-refractivity contribution in [3.63, 3.8) is 0 Å². The number of fused-ring (bicyclic) bond motifs is 2. The van der Waals surface area contributed by atoms with Gasteiger partial charge in [-0.05, 0) is 68.9 Å². The molecule has 4 fully saturated rings. The van der Waals surface area contributed by atoms with Gasteiger partial charge in [-0.2, -0.15) is 5.26 Å². The molecule has 3 aliphatic carbocycles. The smallest absolute Gasteiger partial charge is 0.408 e. The van der Waals surface area contributed by atoms with Gasteiger partial charge in [0.25, 0.3) is 0 Å². The summed E-state index contributed by atoms with van der Waals surface area (Å²) >= 11 is 3.68. The van der Waals surface area contributed by atoms with Crippen molar-refractivity contribution in [2.24, 2.45) is 23.2 Å². The number of carbonyl (C=O) groups is 4. The average Bonchev–Trinajstić information content (AvgIpc) is 3.87. The van der Waals surface area contributed by atoms with Crippen LogP contribution >= 0.6 is 33.9 Å². The molecule has 320 valence electrons. The molecule has 1 saturated heterocycles. The summed E-state index contributed by atoms with van der Waals surface area (Å²) in [6.45, 7) is 13.3. The average molecular weight is 954 g/mol. The van der Waals surface area contributed by atoms with E-state index in [1.54, 1.807) is 18.2 Å². The van der Waals surface area contributed by atoms with Crippen molar-refractivity contribution >= 4 is 73.8 Å². The fourth-order valence-electron chi connectivity index (χ4n) is 8.52. The van der Waals surface area contributed by atoms with Crippen LogP contribution in [-0.2, 0) is 28.3 Å². The zero-order valence-electron chi connectivity index (χ0n) is 34.7. The van der Waals surface area contributed by atoms with Crippen LogP contribution in [0.5, 0.6) is 11.5 Å². The summed E-state index contributed by atoms with van der Waals surface area (Å²) in [7, 11) is 1.26. The summed E-state index contributed by atoms with van der Waals surface area (Å²) in [6.07, 6.45) is 3.23. The van der Waals surface area contributed by atoms with Crippen LogP contribution in [0.15, 0.2) is 36.2 Å².